The Labute approximate surface area is 109 Å². The second-order valence-corrected chi connectivity index (χ2v) is 5.08. The van der Waals surface area contributed by atoms with Gasteiger partial charge in [-0.2, -0.15) is 0 Å². The third-order valence-corrected chi connectivity index (χ3v) is 3.69. The zero-order valence-electron chi connectivity index (χ0n) is 11.3. The molecule has 3 nitrogen and oxygen atoms in total. The molecule has 3 heteroatoms. The first-order valence-corrected chi connectivity index (χ1v) is 6.80. The molecule has 0 aliphatic heterocycles. The van der Waals surface area contributed by atoms with Crippen molar-refractivity contribution < 1.29 is 9.84 Å². The zero-order valence-corrected chi connectivity index (χ0v) is 11.3. The van der Waals surface area contributed by atoms with Crippen LogP contribution in [0.3, 0.4) is 0 Å². The number of aliphatic hydroxyl groups is 1. The minimum atomic E-state index is -0.713. The molecule has 0 saturated heterocycles. The Kier molecular flexibility index (Phi) is 4.25. The summed E-state index contributed by atoms with van der Waals surface area (Å²) in [6.45, 7) is 3.73. The lowest BCUT2D eigenvalue weighted by Gasteiger charge is -2.35. The molecular weight excluding hydrogens is 226 g/mol. The van der Waals surface area contributed by atoms with Gasteiger partial charge in [0.05, 0.1) is 7.11 Å². The summed E-state index contributed by atoms with van der Waals surface area (Å²) in [6.07, 6.45) is 3.99. The molecule has 0 radical (unpaired) electrons. The molecule has 0 bridgehead atoms. The molecule has 0 fully saturated rings. The fourth-order valence-corrected chi connectivity index (χ4v) is 2.72. The minimum absolute atomic E-state index is 0.639. The van der Waals surface area contributed by atoms with Crippen molar-refractivity contribution in [1.29, 1.82) is 0 Å². The van der Waals surface area contributed by atoms with Gasteiger partial charge >= 0.3 is 0 Å². The molecule has 2 N–H and O–H groups in total. The van der Waals surface area contributed by atoms with Crippen LogP contribution in [0.5, 0.6) is 5.75 Å². The van der Waals surface area contributed by atoms with Crippen molar-refractivity contribution in [3.63, 3.8) is 0 Å². The van der Waals surface area contributed by atoms with E-state index in [0.717, 1.165) is 43.5 Å². The van der Waals surface area contributed by atoms with Gasteiger partial charge in [-0.25, -0.2) is 0 Å². The average molecular weight is 249 g/mol. The lowest BCUT2D eigenvalue weighted by atomic mass is 9.79. The summed E-state index contributed by atoms with van der Waals surface area (Å²) in [5.41, 5.74) is 1.58. The first kappa shape index (κ1) is 13.4. The average Bonchev–Trinajstić information content (AvgIpc) is 2.39. The van der Waals surface area contributed by atoms with Crippen molar-refractivity contribution in [3.05, 3.63) is 29.3 Å². The van der Waals surface area contributed by atoms with Gasteiger partial charge in [0, 0.05) is 6.54 Å². The summed E-state index contributed by atoms with van der Waals surface area (Å²) in [7, 11) is 1.68. The Hall–Kier alpha value is -1.06. The van der Waals surface area contributed by atoms with Crippen molar-refractivity contribution in [3.8, 4) is 5.75 Å². The molecule has 100 valence electrons. The van der Waals surface area contributed by atoms with Gasteiger partial charge in [-0.15, -0.1) is 0 Å². The molecular formula is C15H23NO2. The third kappa shape index (κ3) is 2.68. The smallest absolute Gasteiger partial charge is 0.119 e. The number of benzene rings is 1. The van der Waals surface area contributed by atoms with E-state index < -0.39 is 5.60 Å². The van der Waals surface area contributed by atoms with Crippen LogP contribution in [0.4, 0.5) is 0 Å². The highest BCUT2D eigenvalue weighted by atomic mass is 16.5. The van der Waals surface area contributed by atoms with E-state index in [4.69, 9.17) is 4.74 Å². The van der Waals surface area contributed by atoms with Crippen molar-refractivity contribution in [2.45, 2.75) is 38.2 Å². The first-order chi connectivity index (χ1) is 8.69. The lowest BCUT2D eigenvalue weighted by Crippen LogP contribution is -2.41. The molecule has 0 heterocycles. The van der Waals surface area contributed by atoms with Gasteiger partial charge in [0.2, 0.25) is 0 Å². The molecule has 1 aliphatic carbocycles. The van der Waals surface area contributed by atoms with Gasteiger partial charge in [-0.3, -0.25) is 0 Å². The number of hydrogen-bond donors (Lipinski definition) is 2. The summed E-state index contributed by atoms with van der Waals surface area (Å²) < 4.78 is 5.25. The predicted octanol–water partition coefficient (Wildman–Crippen LogP) is 2.22. The molecule has 1 aromatic carbocycles. The lowest BCUT2D eigenvalue weighted by molar-refractivity contribution is 0.0194. The van der Waals surface area contributed by atoms with Crippen molar-refractivity contribution in [2.75, 3.05) is 20.2 Å². The fraction of sp³-hybridized carbons (Fsp3) is 0.600. The summed E-state index contributed by atoms with van der Waals surface area (Å²) >= 11 is 0. The highest BCUT2D eigenvalue weighted by molar-refractivity contribution is 5.41. The first-order valence-electron chi connectivity index (χ1n) is 6.80. The number of aryl methyl sites for hydroxylation is 1. The van der Waals surface area contributed by atoms with Crippen molar-refractivity contribution in [1.82, 2.24) is 5.32 Å². The van der Waals surface area contributed by atoms with Gasteiger partial charge < -0.3 is 15.2 Å². The number of nitrogens with one attached hydrogen (secondary N) is 1. The Balaban J connectivity index is 2.21. The molecule has 0 aromatic heterocycles. The summed E-state index contributed by atoms with van der Waals surface area (Å²) in [5.74, 6) is 0.875. The van der Waals surface area contributed by atoms with E-state index in [1.54, 1.807) is 7.11 Å². The van der Waals surface area contributed by atoms with Gasteiger partial charge in [0.25, 0.3) is 0 Å². The second kappa shape index (κ2) is 5.72. The van der Waals surface area contributed by atoms with Crippen LogP contribution in [0.15, 0.2) is 18.2 Å². The van der Waals surface area contributed by atoms with Crippen LogP contribution < -0.4 is 10.1 Å². The van der Waals surface area contributed by atoms with Crippen LogP contribution in [-0.2, 0) is 12.0 Å². The SMILES string of the molecule is CCCNCC1(O)CCCc2cc(OC)ccc21. The maximum Gasteiger partial charge on any atom is 0.119 e. The number of fused-ring (bicyclic) bond motifs is 1. The van der Waals surface area contributed by atoms with Crippen LogP contribution in [0.2, 0.25) is 0 Å². The number of ether oxygens (including phenoxy) is 1. The molecule has 0 spiro atoms. The molecule has 2 rings (SSSR count). The van der Waals surface area contributed by atoms with Gasteiger partial charge in [0.15, 0.2) is 0 Å². The van der Waals surface area contributed by atoms with E-state index >= 15 is 0 Å². The number of hydrogen-bond acceptors (Lipinski definition) is 3. The van der Waals surface area contributed by atoms with Crippen LogP contribution >= 0.6 is 0 Å². The van der Waals surface area contributed by atoms with Gasteiger partial charge in [0.1, 0.15) is 11.4 Å². The van der Waals surface area contributed by atoms with Crippen LogP contribution in [0, 0.1) is 0 Å². The summed E-state index contributed by atoms with van der Waals surface area (Å²) in [5, 5.41) is 14.1. The fourth-order valence-electron chi connectivity index (χ4n) is 2.72. The van der Waals surface area contributed by atoms with E-state index in [2.05, 4.69) is 18.3 Å². The highest BCUT2D eigenvalue weighted by Crippen LogP contribution is 2.36. The Morgan fingerprint density at radius 1 is 1.44 bits per heavy atom. The maximum atomic E-state index is 10.8. The monoisotopic (exact) mass is 249 g/mol. The molecule has 0 saturated carbocycles. The third-order valence-electron chi connectivity index (χ3n) is 3.69. The molecule has 1 unspecified atom stereocenters. The Morgan fingerprint density at radius 3 is 3.00 bits per heavy atom. The summed E-state index contributed by atoms with van der Waals surface area (Å²) in [6, 6.07) is 6.01. The molecule has 0 amide bonds. The van der Waals surface area contributed by atoms with E-state index in [1.165, 1.54) is 5.56 Å². The second-order valence-electron chi connectivity index (χ2n) is 5.08. The number of rotatable bonds is 5. The topological polar surface area (TPSA) is 41.5 Å². The maximum absolute atomic E-state index is 10.8. The van der Waals surface area contributed by atoms with Gasteiger partial charge in [-0.05, 0) is 55.5 Å². The van der Waals surface area contributed by atoms with Gasteiger partial charge in [-0.1, -0.05) is 13.0 Å². The van der Waals surface area contributed by atoms with E-state index in [1.807, 2.05) is 12.1 Å². The minimum Gasteiger partial charge on any atom is -0.497 e. The molecule has 1 aromatic rings. The van der Waals surface area contributed by atoms with E-state index in [-0.39, 0.29) is 0 Å². The zero-order chi connectivity index (χ0) is 13.0. The van der Waals surface area contributed by atoms with Crippen LogP contribution in [0.1, 0.15) is 37.3 Å². The highest BCUT2D eigenvalue weighted by Gasteiger charge is 2.33. The van der Waals surface area contributed by atoms with E-state index in [9.17, 15) is 5.11 Å². The number of methoxy groups -OCH3 is 1. The van der Waals surface area contributed by atoms with Crippen molar-refractivity contribution >= 4 is 0 Å². The Morgan fingerprint density at radius 2 is 2.28 bits per heavy atom. The van der Waals surface area contributed by atoms with Crippen molar-refractivity contribution in [2.24, 2.45) is 0 Å². The standard InChI is InChI=1S/C15H23NO2/c1-3-9-16-11-15(17)8-4-5-12-10-13(18-2)6-7-14(12)15/h6-7,10,16-17H,3-5,8-9,11H2,1-2H3. The quantitative estimate of drug-likeness (QED) is 0.786. The Bertz CT molecular complexity index is 405. The normalized spacial score (nSPS) is 22.6. The largest absolute Gasteiger partial charge is 0.497 e. The van der Waals surface area contributed by atoms with E-state index in [0.29, 0.717) is 6.54 Å². The predicted molar refractivity (Wildman–Crippen MR) is 73.0 cm³/mol. The molecule has 18 heavy (non-hydrogen) atoms. The summed E-state index contributed by atoms with van der Waals surface area (Å²) in [4.78, 5) is 0. The molecule has 1 atom stereocenters. The molecule has 1 aliphatic rings. The van der Waals surface area contributed by atoms with Crippen LogP contribution in [0.25, 0.3) is 0 Å². The van der Waals surface area contributed by atoms with Crippen LogP contribution in [-0.4, -0.2) is 25.3 Å².